The lowest BCUT2D eigenvalue weighted by Crippen LogP contribution is -2.37. The molecule has 0 spiro atoms. The summed E-state index contributed by atoms with van der Waals surface area (Å²) in [6.45, 7) is 0.859. The minimum atomic E-state index is -0.827. The van der Waals surface area contributed by atoms with Crippen molar-refractivity contribution in [1.29, 1.82) is 0 Å². The minimum absolute atomic E-state index is 0.335. The van der Waals surface area contributed by atoms with Gasteiger partial charge in [0, 0.05) is 32.5 Å². The number of pyridine rings is 1. The van der Waals surface area contributed by atoms with Gasteiger partial charge < -0.3 is 25.2 Å². The molecule has 4 rings (SSSR count). The molecule has 1 unspecified atom stereocenters. The van der Waals surface area contributed by atoms with Crippen molar-refractivity contribution in [3.05, 3.63) is 36.2 Å². The van der Waals surface area contributed by atoms with Gasteiger partial charge in [-0.15, -0.1) is 0 Å². The van der Waals surface area contributed by atoms with Crippen molar-refractivity contribution in [1.82, 2.24) is 24.9 Å². The molecule has 3 aromatic heterocycles. The van der Waals surface area contributed by atoms with Gasteiger partial charge in [0.05, 0.1) is 18.4 Å². The average Bonchev–Trinajstić information content (AvgIpc) is 3.15. The average molecular weight is 413 g/mol. The third-order valence-electron chi connectivity index (χ3n) is 5.11. The zero-order valence-corrected chi connectivity index (χ0v) is 17.1. The second-order valence-electron chi connectivity index (χ2n) is 7.13. The Morgan fingerprint density at radius 2 is 2.20 bits per heavy atom. The molecule has 1 fully saturated rings. The maximum atomic E-state index is 10.7. The molecule has 0 aromatic carbocycles. The molecule has 4 N–H and O–H groups in total. The molecule has 3 heterocycles. The van der Waals surface area contributed by atoms with Crippen molar-refractivity contribution in [2.45, 2.75) is 31.5 Å². The fourth-order valence-corrected chi connectivity index (χ4v) is 3.26. The highest BCUT2D eigenvalue weighted by molar-refractivity contribution is 5.67. The van der Waals surface area contributed by atoms with Gasteiger partial charge in [-0.1, -0.05) is 6.42 Å². The van der Waals surface area contributed by atoms with Crippen LogP contribution in [0.3, 0.4) is 0 Å². The number of fused-ring (bicyclic) bond motifs is 1. The fourth-order valence-electron chi connectivity index (χ4n) is 3.26. The van der Waals surface area contributed by atoms with Gasteiger partial charge >= 0.3 is 0 Å². The molecular weight excluding hydrogens is 386 g/mol. The van der Waals surface area contributed by atoms with Crippen LogP contribution in [0.15, 0.2) is 30.6 Å². The van der Waals surface area contributed by atoms with E-state index in [1.54, 1.807) is 24.0 Å². The van der Waals surface area contributed by atoms with Gasteiger partial charge in [0.1, 0.15) is 30.2 Å². The van der Waals surface area contributed by atoms with E-state index in [-0.39, 0.29) is 0 Å². The van der Waals surface area contributed by atoms with Crippen molar-refractivity contribution < 1.29 is 14.6 Å². The number of aliphatic hydroxyl groups excluding tert-OH is 1. The Kier molecular flexibility index (Phi) is 6.26. The van der Waals surface area contributed by atoms with Gasteiger partial charge in [-0.05, 0) is 25.0 Å². The van der Waals surface area contributed by atoms with E-state index in [1.807, 2.05) is 25.2 Å². The Morgan fingerprint density at radius 3 is 2.93 bits per heavy atom. The van der Waals surface area contributed by atoms with Crippen molar-refractivity contribution in [2.75, 3.05) is 38.0 Å². The summed E-state index contributed by atoms with van der Waals surface area (Å²) in [4.78, 5) is 8.97. The Hall–Kier alpha value is -2.95. The molecule has 1 aliphatic carbocycles. The molecule has 0 radical (unpaired) electrons. The molecule has 0 aliphatic heterocycles. The number of hydrogen-bond acceptors (Lipinski definition) is 9. The van der Waals surface area contributed by atoms with Crippen LogP contribution in [-0.2, 0) is 4.74 Å². The van der Waals surface area contributed by atoms with Gasteiger partial charge in [0.15, 0.2) is 5.65 Å². The summed E-state index contributed by atoms with van der Waals surface area (Å²) < 4.78 is 12.4. The number of hydrogen-bond donors (Lipinski definition) is 4. The maximum absolute atomic E-state index is 10.7. The standard InChI is InChI=1S/C20H27N7O3/c1-21-17-11-16(25-15-7-4-8-22-20(15)30-10-9-29-2)26-18-14(12-23-27(17)18)19(28)24-13-5-3-6-13/h4,7-8,11-13,19,21,24,28H,3,5-6,9-10H2,1-2H3,(H,25,26). The predicted octanol–water partition coefficient (Wildman–Crippen LogP) is 2.07. The van der Waals surface area contributed by atoms with E-state index < -0.39 is 6.23 Å². The Morgan fingerprint density at radius 1 is 1.33 bits per heavy atom. The summed E-state index contributed by atoms with van der Waals surface area (Å²) in [6.07, 6.45) is 5.82. The van der Waals surface area contributed by atoms with Gasteiger partial charge in [-0.3, -0.25) is 5.32 Å². The number of nitrogens with one attached hydrogen (secondary N) is 3. The highest BCUT2D eigenvalue weighted by Crippen LogP contribution is 2.28. The van der Waals surface area contributed by atoms with E-state index in [9.17, 15) is 5.11 Å². The van der Waals surface area contributed by atoms with Crippen molar-refractivity contribution in [3.8, 4) is 5.88 Å². The first-order valence-corrected chi connectivity index (χ1v) is 10.0. The van der Waals surface area contributed by atoms with E-state index >= 15 is 0 Å². The number of rotatable bonds is 10. The molecule has 30 heavy (non-hydrogen) atoms. The smallest absolute Gasteiger partial charge is 0.237 e. The number of aliphatic hydroxyl groups is 1. The van der Waals surface area contributed by atoms with Crippen molar-refractivity contribution in [2.24, 2.45) is 0 Å². The van der Waals surface area contributed by atoms with Gasteiger partial charge in [-0.2, -0.15) is 9.61 Å². The predicted molar refractivity (Wildman–Crippen MR) is 113 cm³/mol. The Balaban J connectivity index is 1.62. The van der Waals surface area contributed by atoms with Crippen LogP contribution in [0, 0.1) is 0 Å². The summed E-state index contributed by atoms with van der Waals surface area (Å²) in [5, 5.41) is 24.7. The lowest BCUT2D eigenvalue weighted by Gasteiger charge is -2.28. The topological polar surface area (TPSA) is 118 Å². The largest absolute Gasteiger partial charge is 0.474 e. The van der Waals surface area contributed by atoms with Crippen LogP contribution in [0.2, 0.25) is 0 Å². The molecular formula is C20H27N7O3. The normalized spacial score (nSPS) is 15.0. The summed E-state index contributed by atoms with van der Waals surface area (Å²) >= 11 is 0. The number of aromatic nitrogens is 4. The Labute approximate surface area is 174 Å². The third kappa shape index (κ3) is 4.30. The van der Waals surface area contributed by atoms with Crippen LogP contribution in [-0.4, -0.2) is 58.1 Å². The highest BCUT2D eigenvalue weighted by atomic mass is 16.5. The summed E-state index contributed by atoms with van der Waals surface area (Å²) in [6, 6.07) is 5.85. The first kappa shape index (κ1) is 20.3. The fraction of sp³-hybridized carbons (Fsp3) is 0.450. The Bertz CT molecular complexity index is 990. The zero-order chi connectivity index (χ0) is 20.9. The van der Waals surface area contributed by atoms with Crippen LogP contribution in [0.4, 0.5) is 17.3 Å². The highest BCUT2D eigenvalue weighted by Gasteiger charge is 2.24. The molecule has 0 amide bonds. The van der Waals surface area contributed by atoms with E-state index in [1.165, 1.54) is 6.42 Å². The quantitative estimate of drug-likeness (QED) is 0.293. The van der Waals surface area contributed by atoms with Crippen LogP contribution in [0.5, 0.6) is 5.88 Å². The van der Waals surface area contributed by atoms with E-state index in [2.05, 4.69) is 26.0 Å². The number of ether oxygens (including phenoxy) is 2. The van der Waals surface area contributed by atoms with Gasteiger partial charge in [0.2, 0.25) is 5.88 Å². The van der Waals surface area contributed by atoms with Crippen LogP contribution >= 0.6 is 0 Å². The van der Waals surface area contributed by atoms with E-state index in [0.29, 0.717) is 47.9 Å². The third-order valence-corrected chi connectivity index (χ3v) is 5.11. The van der Waals surface area contributed by atoms with E-state index in [0.717, 1.165) is 18.7 Å². The summed E-state index contributed by atoms with van der Waals surface area (Å²) in [7, 11) is 3.43. The van der Waals surface area contributed by atoms with Gasteiger partial charge in [0.25, 0.3) is 0 Å². The van der Waals surface area contributed by atoms with Crippen LogP contribution in [0.25, 0.3) is 5.65 Å². The summed E-state index contributed by atoms with van der Waals surface area (Å²) in [5.74, 6) is 1.77. The SMILES string of the molecule is CNc1cc(Nc2cccnc2OCCOC)nc2c(C(O)NC3CCC3)cnn12. The molecule has 1 saturated carbocycles. The van der Waals surface area contributed by atoms with Gasteiger partial charge in [-0.25, -0.2) is 9.97 Å². The van der Waals surface area contributed by atoms with Crippen molar-refractivity contribution in [3.63, 3.8) is 0 Å². The number of nitrogens with zero attached hydrogens (tertiary/aromatic N) is 4. The molecule has 1 atom stereocenters. The van der Waals surface area contributed by atoms with Crippen LogP contribution < -0.4 is 20.7 Å². The molecule has 0 saturated heterocycles. The molecule has 0 bridgehead atoms. The number of anilines is 3. The van der Waals surface area contributed by atoms with E-state index in [4.69, 9.17) is 14.5 Å². The lowest BCUT2D eigenvalue weighted by molar-refractivity contribution is 0.106. The first-order chi connectivity index (χ1) is 14.7. The minimum Gasteiger partial charge on any atom is -0.474 e. The molecule has 3 aromatic rings. The molecule has 10 heteroatoms. The molecule has 160 valence electrons. The van der Waals surface area contributed by atoms with Crippen LogP contribution in [0.1, 0.15) is 31.1 Å². The molecule has 1 aliphatic rings. The maximum Gasteiger partial charge on any atom is 0.237 e. The second-order valence-corrected chi connectivity index (χ2v) is 7.13. The second kappa shape index (κ2) is 9.24. The lowest BCUT2D eigenvalue weighted by atomic mass is 9.93. The zero-order valence-electron chi connectivity index (χ0n) is 17.1. The monoisotopic (exact) mass is 413 g/mol. The number of methoxy groups -OCH3 is 1. The first-order valence-electron chi connectivity index (χ1n) is 10.0. The summed E-state index contributed by atoms with van der Waals surface area (Å²) in [5.41, 5.74) is 1.88. The molecule has 10 nitrogen and oxygen atoms in total. The van der Waals surface area contributed by atoms with Crippen molar-refractivity contribution >= 4 is 23.0 Å².